The van der Waals surface area contributed by atoms with Crippen molar-refractivity contribution in [1.29, 1.82) is 0 Å². The van der Waals surface area contributed by atoms with Gasteiger partial charge in [-0.1, -0.05) is 65.5 Å². The van der Waals surface area contributed by atoms with Crippen LogP contribution in [0.2, 0.25) is 0 Å². The predicted molar refractivity (Wildman–Crippen MR) is 114 cm³/mol. The third-order valence-electron chi connectivity index (χ3n) is 4.60. The summed E-state index contributed by atoms with van der Waals surface area (Å²) in [6, 6.07) is 5.85. The molecule has 166 valence electrons. The minimum Gasteiger partial charge on any atom is -0.389 e. The average Bonchev–Trinajstić information content (AvgIpc) is 2.68. The molecule has 0 fully saturated rings. The van der Waals surface area contributed by atoms with Gasteiger partial charge in [-0.25, -0.2) is 9.59 Å². The van der Waals surface area contributed by atoms with Crippen molar-refractivity contribution < 1.29 is 28.7 Å². The topological polar surface area (TPSA) is 86.7 Å². The number of unbranched alkanes of at least 4 members (excludes halogenated alkanes) is 2. The molecule has 6 heteroatoms. The van der Waals surface area contributed by atoms with Crippen LogP contribution in [0.15, 0.2) is 24.3 Å². The van der Waals surface area contributed by atoms with Crippen molar-refractivity contribution in [3.8, 4) is 0 Å². The van der Waals surface area contributed by atoms with Gasteiger partial charge in [0.05, 0.1) is 11.1 Å². The third kappa shape index (κ3) is 10.3. The molecule has 0 aliphatic rings. The van der Waals surface area contributed by atoms with Gasteiger partial charge in [-0.2, -0.15) is 0 Å². The normalized spacial score (nSPS) is 10.9. The molecule has 0 unspecified atom stereocenters. The van der Waals surface area contributed by atoms with Crippen LogP contribution in [0, 0.1) is 11.8 Å². The van der Waals surface area contributed by atoms with Crippen LogP contribution in [-0.2, 0) is 19.1 Å². The van der Waals surface area contributed by atoms with Crippen molar-refractivity contribution in [2.75, 3.05) is 0 Å². The summed E-state index contributed by atoms with van der Waals surface area (Å²) in [6.07, 6.45) is 5.31. The molecule has 6 nitrogen and oxygen atoms in total. The van der Waals surface area contributed by atoms with Crippen molar-refractivity contribution in [3.05, 3.63) is 35.4 Å². The molecule has 0 radical (unpaired) electrons. The first kappa shape index (κ1) is 25.5. The number of hydrogen-bond donors (Lipinski definition) is 0. The fraction of sp³-hybridized carbons (Fsp3) is 0.583. The van der Waals surface area contributed by atoms with Crippen LogP contribution in [0.3, 0.4) is 0 Å². The number of ether oxygens (including phenoxy) is 2. The maximum atomic E-state index is 12.3. The third-order valence-corrected chi connectivity index (χ3v) is 4.60. The van der Waals surface area contributed by atoms with Crippen LogP contribution in [-0.4, -0.2) is 23.9 Å². The molecule has 0 saturated heterocycles. The molecule has 0 heterocycles. The van der Waals surface area contributed by atoms with Gasteiger partial charge in [0.2, 0.25) is 0 Å². The van der Waals surface area contributed by atoms with Crippen molar-refractivity contribution in [2.45, 2.75) is 79.1 Å². The summed E-state index contributed by atoms with van der Waals surface area (Å²) in [5.41, 5.74) is -0.184. The summed E-state index contributed by atoms with van der Waals surface area (Å²) in [4.78, 5) is 48.5. The maximum absolute atomic E-state index is 12.3. The molecule has 0 bridgehead atoms. The smallest absolute Gasteiger partial charge is 0.346 e. The molecule has 0 atom stereocenters. The molecule has 1 rings (SSSR count). The Bertz CT molecular complexity index is 659. The fourth-order valence-corrected chi connectivity index (χ4v) is 2.90. The highest BCUT2D eigenvalue weighted by Crippen LogP contribution is 2.15. The van der Waals surface area contributed by atoms with Crippen LogP contribution in [0.5, 0.6) is 0 Å². The monoisotopic (exact) mass is 418 g/mol. The Kier molecular flexibility index (Phi) is 11.6. The van der Waals surface area contributed by atoms with Crippen LogP contribution in [0.4, 0.5) is 0 Å². The molecular formula is C24H34O6. The molecule has 0 aromatic heterocycles. The Balaban J connectivity index is 2.59. The molecule has 0 N–H and O–H groups in total. The Morgan fingerprint density at radius 3 is 1.37 bits per heavy atom. The molecule has 0 spiro atoms. The first-order valence-corrected chi connectivity index (χ1v) is 10.8. The Labute approximate surface area is 179 Å². The first-order valence-electron chi connectivity index (χ1n) is 10.8. The highest BCUT2D eigenvalue weighted by atomic mass is 16.6. The van der Waals surface area contributed by atoms with Gasteiger partial charge in [-0.15, -0.1) is 0 Å². The Hall–Kier alpha value is -2.50. The lowest BCUT2D eigenvalue weighted by molar-refractivity contribution is -0.139. The summed E-state index contributed by atoms with van der Waals surface area (Å²) < 4.78 is 9.74. The minimum absolute atomic E-state index is 0.0920. The van der Waals surface area contributed by atoms with E-state index in [1.807, 2.05) is 0 Å². The van der Waals surface area contributed by atoms with Crippen molar-refractivity contribution in [3.63, 3.8) is 0 Å². The summed E-state index contributed by atoms with van der Waals surface area (Å²) in [7, 11) is 0. The lowest BCUT2D eigenvalue weighted by Crippen LogP contribution is -2.19. The number of esters is 4. The second-order valence-electron chi connectivity index (χ2n) is 8.35. The van der Waals surface area contributed by atoms with Crippen LogP contribution in [0.1, 0.15) is 99.8 Å². The van der Waals surface area contributed by atoms with E-state index in [0.29, 0.717) is 24.7 Å². The van der Waals surface area contributed by atoms with Gasteiger partial charge in [0.15, 0.2) is 0 Å². The van der Waals surface area contributed by atoms with Gasteiger partial charge >= 0.3 is 23.9 Å². The molecule has 0 aliphatic carbocycles. The summed E-state index contributed by atoms with van der Waals surface area (Å²) in [5.74, 6) is -1.99. The number of hydrogen-bond acceptors (Lipinski definition) is 6. The summed E-state index contributed by atoms with van der Waals surface area (Å²) in [6.45, 7) is 8.42. The van der Waals surface area contributed by atoms with Crippen molar-refractivity contribution in [2.24, 2.45) is 11.8 Å². The minimum atomic E-state index is -0.916. The van der Waals surface area contributed by atoms with Crippen molar-refractivity contribution in [1.82, 2.24) is 0 Å². The zero-order valence-corrected chi connectivity index (χ0v) is 18.6. The molecule has 0 aliphatic heterocycles. The van der Waals surface area contributed by atoms with Gasteiger partial charge < -0.3 is 9.47 Å². The van der Waals surface area contributed by atoms with Crippen LogP contribution < -0.4 is 0 Å². The molecule has 0 saturated carbocycles. The first-order chi connectivity index (χ1) is 14.2. The van der Waals surface area contributed by atoms with Gasteiger partial charge in [0, 0.05) is 12.8 Å². The fourth-order valence-electron chi connectivity index (χ4n) is 2.90. The lowest BCUT2D eigenvalue weighted by atomic mass is 10.1. The molecule has 30 heavy (non-hydrogen) atoms. The van der Waals surface area contributed by atoms with E-state index in [0.717, 1.165) is 25.7 Å². The summed E-state index contributed by atoms with van der Waals surface area (Å²) in [5, 5.41) is 0. The quantitative estimate of drug-likeness (QED) is 0.253. The largest absolute Gasteiger partial charge is 0.389 e. The number of carbonyl (C=O) groups is 4. The van der Waals surface area contributed by atoms with E-state index in [1.54, 1.807) is 12.1 Å². The summed E-state index contributed by atoms with van der Waals surface area (Å²) >= 11 is 0. The van der Waals surface area contributed by atoms with Gasteiger partial charge in [0.1, 0.15) is 0 Å². The molecule has 1 aromatic carbocycles. The Morgan fingerprint density at radius 1 is 0.667 bits per heavy atom. The highest BCUT2D eigenvalue weighted by molar-refractivity contribution is 6.07. The van der Waals surface area contributed by atoms with Gasteiger partial charge in [-0.05, 0) is 36.8 Å². The van der Waals surface area contributed by atoms with E-state index < -0.39 is 23.9 Å². The zero-order valence-electron chi connectivity index (χ0n) is 18.6. The van der Waals surface area contributed by atoms with Crippen molar-refractivity contribution >= 4 is 23.9 Å². The average molecular weight is 419 g/mol. The molecule has 0 amide bonds. The SMILES string of the molecule is CC(C)CCCCC(=O)OC(=O)c1ccccc1C(=O)OC(=O)CCCCC(C)C. The van der Waals surface area contributed by atoms with E-state index >= 15 is 0 Å². The maximum Gasteiger partial charge on any atom is 0.346 e. The molecule has 1 aromatic rings. The van der Waals surface area contributed by atoms with Gasteiger partial charge in [0.25, 0.3) is 0 Å². The standard InChI is InChI=1S/C24H34O6/c1-17(2)11-5-9-15-21(25)29-23(27)19-13-7-8-14-20(19)24(28)30-22(26)16-10-6-12-18(3)4/h7-8,13-14,17-18H,5-6,9-12,15-16H2,1-4H3. The second kappa shape index (κ2) is 13.7. The lowest BCUT2D eigenvalue weighted by Gasteiger charge is -2.09. The van der Waals surface area contributed by atoms with E-state index in [4.69, 9.17) is 9.47 Å². The van der Waals surface area contributed by atoms with E-state index in [1.165, 1.54) is 12.1 Å². The molecular weight excluding hydrogens is 384 g/mol. The predicted octanol–water partition coefficient (Wildman–Crippen LogP) is 5.49. The number of rotatable bonds is 12. The van der Waals surface area contributed by atoms with Crippen LogP contribution in [0.25, 0.3) is 0 Å². The van der Waals surface area contributed by atoms with Gasteiger partial charge in [-0.3, -0.25) is 9.59 Å². The highest BCUT2D eigenvalue weighted by Gasteiger charge is 2.22. The Morgan fingerprint density at radius 2 is 1.03 bits per heavy atom. The van der Waals surface area contributed by atoms with Crippen LogP contribution >= 0.6 is 0 Å². The van der Waals surface area contributed by atoms with E-state index in [2.05, 4.69) is 27.7 Å². The number of carbonyl (C=O) groups excluding carboxylic acids is 4. The van der Waals surface area contributed by atoms with E-state index in [-0.39, 0.29) is 24.0 Å². The second-order valence-corrected chi connectivity index (χ2v) is 8.35. The number of benzene rings is 1. The zero-order chi connectivity index (χ0) is 22.5. The van der Waals surface area contributed by atoms with E-state index in [9.17, 15) is 19.2 Å².